The lowest BCUT2D eigenvalue weighted by Gasteiger charge is -2.31. The Morgan fingerprint density at radius 2 is 1.82 bits per heavy atom. The summed E-state index contributed by atoms with van der Waals surface area (Å²) in [6.45, 7) is 2.89. The highest BCUT2D eigenvalue weighted by Gasteiger charge is 2.26. The van der Waals surface area contributed by atoms with Crippen molar-refractivity contribution in [3.63, 3.8) is 0 Å². The lowest BCUT2D eigenvalue weighted by Crippen LogP contribution is -2.33. The number of rotatable bonds is 5. The van der Waals surface area contributed by atoms with Gasteiger partial charge in [-0.25, -0.2) is 14.0 Å². The third-order valence-corrected chi connectivity index (χ3v) is 5.46. The Morgan fingerprint density at radius 1 is 1.07 bits per heavy atom. The summed E-state index contributed by atoms with van der Waals surface area (Å²) in [5.41, 5.74) is 2.06. The molecule has 1 fully saturated rings. The van der Waals surface area contributed by atoms with Crippen LogP contribution in [0, 0.1) is 0 Å². The third-order valence-electron chi connectivity index (χ3n) is 5.46. The minimum atomic E-state index is -0.0833. The monoisotopic (exact) mass is 378 g/mol. The lowest BCUT2D eigenvalue weighted by atomic mass is 9.95. The zero-order valence-corrected chi connectivity index (χ0v) is 16.4. The van der Waals surface area contributed by atoms with Gasteiger partial charge < -0.3 is 4.74 Å². The van der Waals surface area contributed by atoms with Gasteiger partial charge in [0.2, 0.25) is 0 Å². The Hall–Kier alpha value is -2.86. The molecule has 2 heterocycles. The van der Waals surface area contributed by atoms with Crippen LogP contribution in [0.15, 0.2) is 59.4 Å². The third kappa shape index (κ3) is 3.73. The van der Waals surface area contributed by atoms with Gasteiger partial charge in [0.15, 0.2) is 0 Å². The Balaban J connectivity index is 1.48. The van der Waals surface area contributed by atoms with Crippen molar-refractivity contribution >= 4 is 0 Å². The number of piperidine rings is 1. The molecule has 0 radical (unpaired) electrons. The molecule has 0 saturated carbocycles. The molecule has 0 atom stereocenters. The second kappa shape index (κ2) is 8.02. The first-order valence-electron chi connectivity index (χ1n) is 9.72. The van der Waals surface area contributed by atoms with E-state index in [4.69, 9.17) is 4.74 Å². The van der Waals surface area contributed by atoms with E-state index in [0.717, 1.165) is 49.7 Å². The number of ether oxygens (including phenoxy) is 1. The van der Waals surface area contributed by atoms with Gasteiger partial charge in [-0.3, -0.25) is 4.90 Å². The van der Waals surface area contributed by atoms with E-state index in [1.807, 2.05) is 42.5 Å². The number of aryl methyl sites for hydroxylation is 1. The molecular formula is C22H26N4O2. The molecule has 146 valence electrons. The largest absolute Gasteiger partial charge is 0.497 e. The fourth-order valence-electron chi connectivity index (χ4n) is 3.95. The van der Waals surface area contributed by atoms with E-state index < -0.39 is 0 Å². The first-order chi connectivity index (χ1) is 13.7. The van der Waals surface area contributed by atoms with Crippen molar-refractivity contribution in [2.24, 2.45) is 7.05 Å². The van der Waals surface area contributed by atoms with Crippen LogP contribution in [0.25, 0.3) is 5.69 Å². The zero-order chi connectivity index (χ0) is 19.5. The van der Waals surface area contributed by atoms with Crippen molar-refractivity contribution in [2.45, 2.75) is 25.3 Å². The van der Waals surface area contributed by atoms with Crippen molar-refractivity contribution in [3.05, 3.63) is 76.5 Å². The summed E-state index contributed by atoms with van der Waals surface area (Å²) < 4.78 is 8.54. The summed E-state index contributed by atoms with van der Waals surface area (Å²) in [7, 11) is 3.42. The molecule has 4 rings (SSSR count). The number of para-hydroxylation sites is 1. The van der Waals surface area contributed by atoms with Crippen LogP contribution in [0.3, 0.4) is 0 Å². The minimum absolute atomic E-state index is 0.0833. The van der Waals surface area contributed by atoms with Gasteiger partial charge in [-0.2, -0.15) is 5.10 Å². The van der Waals surface area contributed by atoms with Gasteiger partial charge in [-0.15, -0.1) is 0 Å². The van der Waals surface area contributed by atoms with Gasteiger partial charge in [-0.05, 0) is 55.8 Å². The van der Waals surface area contributed by atoms with E-state index in [1.165, 1.54) is 10.2 Å². The molecule has 28 heavy (non-hydrogen) atoms. The summed E-state index contributed by atoms with van der Waals surface area (Å²) in [5, 5.41) is 4.57. The maximum absolute atomic E-state index is 12.6. The molecule has 0 N–H and O–H groups in total. The Kier molecular flexibility index (Phi) is 5.30. The normalized spacial score (nSPS) is 15.6. The van der Waals surface area contributed by atoms with E-state index in [-0.39, 0.29) is 11.6 Å². The predicted octanol–water partition coefficient (Wildman–Crippen LogP) is 2.96. The summed E-state index contributed by atoms with van der Waals surface area (Å²) in [5.74, 6) is 2.06. The molecule has 0 bridgehead atoms. The Morgan fingerprint density at radius 3 is 2.54 bits per heavy atom. The van der Waals surface area contributed by atoms with Gasteiger partial charge in [0.25, 0.3) is 0 Å². The number of hydrogen-bond donors (Lipinski definition) is 0. The highest BCUT2D eigenvalue weighted by Crippen LogP contribution is 2.28. The molecule has 0 amide bonds. The first kappa shape index (κ1) is 18.5. The highest BCUT2D eigenvalue weighted by atomic mass is 16.5. The van der Waals surface area contributed by atoms with Gasteiger partial charge in [0, 0.05) is 19.5 Å². The standard InChI is InChI=1S/C22H26N4O2/c1-24-22(27)26(19-8-4-3-5-9-19)21(23-24)18-11-13-25(14-12-18)16-17-7-6-10-20(15-17)28-2/h3-10,15,18H,11-14,16H2,1-2H3. The lowest BCUT2D eigenvalue weighted by molar-refractivity contribution is 0.200. The van der Waals surface area contributed by atoms with Crippen LogP contribution in [0.4, 0.5) is 0 Å². The molecule has 2 aromatic carbocycles. The molecule has 6 nitrogen and oxygen atoms in total. The molecule has 3 aromatic rings. The van der Waals surface area contributed by atoms with Gasteiger partial charge in [0.1, 0.15) is 11.6 Å². The zero-order valence-electron chi connectivity index (χ0n) is 16.4. The average Bonchev–Trinajstić information content (AvgIpc) is 3.04. The number of benzene rings is 2. The van der Waals surface area contributed by atoms with Crippen LogP contribution in [-0.4, -0.2) is 39.4 Å². The fourth-order valence-corrected chi connectivity index (χ4v) is 3.95. The van der Waals surface area contributed by atoms with Crippen LogP contribution >= 0.6 is 0 Å². The van der Waals surface area contributed by atoms with E-state index in [1.54, 1.807) is 18.7 Å². The molecule has 6 heteroatoms. The van der Waals surface area contributed by atoms with Crippen LogP contribution in [-0.2, 0) is 13.6 Å². The smallest absolute Gasteiger partial charge is 0.350 e. The molecular weight excluding hydrogens is 352 g/mol. The molecule has 1 saturated heterocycles. The fraction of sp³-hybridized carbons (Fsp3) is 0.364. The van der Waals surface area contributed by atoms with Crippen LogP contribution in [0.1, 0.15) is 30.1 Å². The molecule has 0 spiro atoms. The van der Waals surface area contributed by atoms with Crippen LogP contribution in [0.2, 0.25) is 0 Å². The molecule has 0 unspecified atom stereocenters. The number of likely N-dealkylation sites (tertiary alicyclic amines) is 1. The van der Waals surface area contributed by atoms with Crippen molar-refractivity contribution in [2.75, 3.05) is 20.2 Å². The number of aromatic nitrogens is 3. The van der Waals surface area contributed by atoms with Crippen LogP contribution < -0.4 is 10.4 Å². The predicted molar refractivity (Wildman–Crippen MR) is 109 cm³/mol. The summed E-state index contributed by atoms with van der Waals surface area (Å²) in [4.78, 5) is 15.1. The van der Waals surface area contributed by atoms with Crippen LogP contribution in [0.5, 0.6) is 5.75 Å². The van der Waals surface area contributed by atoms with Crippen molar-refractivity contribution in [1.29, 1.82) is 0 Å². The molecule has 1 aliphatic heterocycles. The van der Waals surface area contributed by atoms with Gasteiger partial charge in [-0.1, -0.05) is 30.3 Å². The van der Waals surface area contributed by atoms with Crippen molar-refractivity contribution in [3.8, 4) is 11.4 Å². The second-order valence-corrected chi connectivity index (χ2v) is 7.34. The summed E-state index contributed by atoms with van der Waals surface area (Å²) >= 11 is 0. The second-order valence-electron chi connectivity index (χ2n) is 7.34. The Labute approximate surface area is 165 Å². The minimum Gasteiger partial charge on any atom is -0.497 e. The van der Waals surface area contributed by atoms with Gasteiger partial charge in [0.05, 0.1) is 12.8 Å². The Bertz CT molecular complexity index is 985. The van der Waals surface area contributed by atoms with Gasteiger partial charge >= 0.3 is 5.69 Å². The van der Waals surface area contributed by atoms with E-state index in [2.05, 4.69) is 22.1 Å². The number of methoxy groups -OCH3 is 1. The summed E-state index contributed by atoms with van der Waals surface area (Å²) in [6, 6.07) is 18.0. The van der Waals surface area contributed by atoms with Crippen molar-refractivity contribution < 1.29 is 4.74 Å². The summed E-state index contributed by atoms with van der Waals surface area (Å²) in [6.07, 6.45) is 1.99. The molecule has 1 aromatic heterocycles. The first-order valence-corrected chi connectivity index (χ1v) is 9.72. The molecule has 0 aliphatic carbocycles. The maximum atomic E-state index is 12.6. The SMILES string of the molecule is COc1cccc(CN2CCC(c3nn(C)c(=O)n3-c3ccccc3)CC2)c1. The molecule has 1 aliphatic rings. The number of nitrogens with zero attached hydrogens (tertiary/aromatic N) is 4. The van der Waals surface area contributed by atoms with E-state index >= 15 is 0 Å². The topological polar surface area (TPSA) is 52.3 Å². The quantitative estimate of drug-likeness (QED) is 0.685. The highest BCUT2D eigenvalue weighted by molar-refractivity contribution is 5.33. The van der Waals surface area contributed by atoms with E-state index in [0.29, 0.717) is 0 Å². The van der Waals surface area contributed by atoms with Crippen molar-refractivity contribution in [1.82, 2.24) is 19.2 Å². The maximum Gasteiger partial charge on any atom is 0.350 e. The number of hydrogen-bond acceptors (Lipinski definition) is 4. The van der Waals surface area contributed by atoms with E-state index in [9.17, 15) is 4.79 Å². The average molecular weight is 378 g/mol.